The predicted molar refractivity (Wildman–Crippen MR) is 181 cm³/mol. The number of piperazine rings is 1. The maximum absolute atomic E-state index is 13.0. The number of nitrogens with one attached hydrogen (secondary N) is 1. The number of hydrogen-bond acceptors (Lipinski definition) is 9. The summed E-state index contributed by atoms with van der Waals surface area (Å²) in [6.07, 6.45) is -0.831. The van der Waals surface area contributed by atoms with Crippen LogP contribution in [0.2, 0.25) is 0 Å². The van der Waals surface area contributed by atoms with Crippen LogP contribution in [0.25, 0.3) is 21.1 Å². The van der Waals surface area contributed by atoms with E-state index in [1.54, 1.807) is 10.4 Å². The Morgan fingerprint density at radius 1 is 1.06 bits per heavy atom. The molecule has 0 saturated carbocycles. The number of hydrogen-bond donors (Lipinski definition) is 1. The van der Waals surface area contributed by atoms with E-state index in [2.05, 4.69) is 55.6 Å². The minimum Gasteiger partial charge on any atom is -0.367 e. The Morgan fingerprint density at radius 2 is 1.79 bits per heavy atom. The van der Waals surface area contributed by atoms with Crippen molar-refractivity contribution in [2.24, 2.45) is 0 Å². The lowest BCUT2D eigenvalue weighted by molar-refractivity contribution is -0.126. The first-order valence-corrected chi connectivity index (χ1v) is 19.0. The molecule has 2 atom stereocenters. The van der Waals surface area contributed by atoms with Crippen LogP contribution in [-0.4, -0.2) is 101 Å². The Balaban J connectivity index is 1.06. The van der Waals surface area contributed by atoms with E-state index in [9.17, 15) is 26.9 Å². The van der Waals surface area contributed by atoms with E-state index in [0.717, 1.165) is 54.7 Å². The van der Waals surface area contributed by atoms with E-state index in [-0.39, 0.29) is 22.9 Å². The average molecular weight is 701 g/mol. The number of piperidine rings is 1. The first kappa shape index (κ1) is 33.2. The lowest BCUT2D eigenvalue weighted by Crippen LogP contribution is -2.54. The molecular weight excluding hydrogens is 662 g/mol. The van der Waals surface area contributed by atoms with Gasteiger partial charge in [-0.3, -0.25) is 9.80 Å². The maximum Gasteiger partial charge on any atom is 0.393 e. The summed E-state index contributed by atoms with van der Waals surface area (Å²) in [6.45, 7) is 9.85. The minimum absolute atomic E-state index is 0.145. The summed E-state index contributed by atoms with van der Waals surface area (Å²) in [5, 5.41) is 15.3. The molecule has 0 spiro atoms. The molecule has 2 unspecified atom stereocenters. The molecule has 2 saturated heterocycles. The van der Waals surface area contributed by atoms with Crippen molar-refractivity contribution in [2.45, 2.75) is 70.4 Å². The van der Waals surface area contributed by atoms with E-state index in [1.165, 1.54) is 29.3 Å². The molecule has 0 bridgehead atoms. The van der Waals surface area contributed by atoms with Gasteiger partial charge in [0.25, 0.3) is 0 Å². The van der Waals surface area contributed by atoms with Gasteiger partial charge < -0.3 is 9.88 Å². The second-order valence-corrected chi connectivity index (χ2v) is 16.6. The first-order valence-electron chi connectivity index (χ1n) is 16.3. The molecule has 3 aliphatic rings. The lowest BCUT2D eigenvalue weighted by atomic mass is 9.85. The van der Waals surface area contributed by atoms with Gasteiger partial charge in [0, 0.05) is 80.6 Å². The molecule has 2 fully saturated rings. The number of thiophene rings is 1. The molecule has 1 N–H and O–H groups in total. The predicted octanol–water partition coefficient (Wildman–Crippen LogP) is 5.07. The van der Waals surface area contributed by atoms with Gasteiger partial charge in [-0.25, -0.2) is 18.4 Å². The highest BCUT2D eigenvalue weighted by Crippen LogP contribution is 2.41. The normalized spacial score (nSPS) is 22.0. The number of aryl methyl sites for hydroxylation is 1. The van der Waals surface area contributed by atoms with E-state index < -0.39 is 22.6 Å². The molecule has 10 nitrogen and oxygen atoms in total. The maximum atomic E-state index is 13.0. The summed E-state index contributed by atoms with van der Waals surface area (Å²) in [7, 11) is -3.22. The molecule has 1 aromatic carbocycles. The van der Waals surface area contributed by atoms with Gasteiger partial charge >= 0.3 is 6.18 Å². The van der Waals surface area contributed by atoms with Crippen LogP contribution in [0.1, 0.15) is 52.9 Å². The number of likely N-dealkylation sites (tertiary alicyclic amines) is 1. The molecule has 0 radical (unpaired) electrons. The van der Waals surface area contributed by atoms with Gasteiger partial charge in [-0.15, -0.1) is 11.3 Å². The largest absolute Gasteiger partial charge is 0.393 e. The van der Waals surface area contributed by atoms with Gasteiger partial charge in [-0.1, -0.05) is 13.0 Å². The number of halogens is 3. The lowest BCUT2D eigenvalue weighted by Gasteiger charge is -2.43. The molecular formula is C33H39F3N8O2S2. The topological polar surface area (TPSA) is 110 Å². The Hall–Kier alpha value is -3.29. The Morgan fingerprint density at radius 3 is 2.46 bits per heavy atom. The Bertz CT molecular complexity index is 2000. The number of nitrogens with zero attached hydrogens (tertiary/aromatic N) is 7. The monoisotopic (exact) mass is 700 g/mol. The van der Waals surface area contributed by atoms with Gasteiger partial charge in [0.1, 0.15) is 28.7 Å². The van der Waals surface area contributed by atoms with E-state index in [1.807, 2.05) is 6.07 Å². The van der Waals surface area contributed by atoms with Crippen LogP contribution >= 0.6 is 11.3 Å². The van der Waals surface area contributed by atoms with Crippen LogP contribution < -0.4 is 5.32 Å². The van der Waals surface area contributed by atoms with Crippen LogP contribution in [0.15, 0.2) is 24.5 Å². The first-order chi connectivity index (χ1) is 22.8. The highest BCUT2D eigenvalue weighted by Gasteiger charge is 2.37. The number of anilines is 1. The van der Waals surface area contributed by atoms with Crippen LogP contribution in [0, 0.1) is 18.3 Å². The third-order valence-electron chi connectivity index (χ3n) is 10.4. The third-order valence-corrected chi connectivity index (χ3v) is 12.8. The van der Waals surface area contributed by atoms with Crippen molar-refractivity contribution in [1.82, 2.24) is 28.6 Å². The molecule has 0 aliphatic carbocycles. The second-order valence-electron chi connectivity index (χ2n) is 13.5. The number of benzene rings is 1. The fraction of sp³-hybridized carbons (Fsp3) is 0.545. The molecule has 4 aromatic rings. The molecule has 256 valence electrons. The number of aromatic nitrogens is 3. The average Bonchev–Trinajstić information content (AvgIpc) is 3.62. The van der Waals surface area contributed by atoms with E-state index in [4.69, 9.17) is 0 Å². The van der Waals surface area contributed by atoms with Crippen molar-refractivity contribution in [1.29, 1.82) is 5.26 Å². The molecule has 6 heterocycles. The minimum atomic E-state index is -4.27. The molecule has 3 aromatic heterocycles. The second kappa shape index (κ2) is 12.5. The van der Waals surface area contributed by atoms with Gasteiger partial charge in [0.2, 0.25) is 10.0 Å². The van der Waals surface area contributed by atoms with Crippen molar-refractivity contribution in [2.75, 3.05) is 50.8 Å². The fourth-order valence-corrected chi connectivity index (χ4v) is 9.66. The van der Waals surface area contributed by atoms with Gasteiger partial charge in [0.05, 0.1) is 23.6 Å². The number of fused-ring (bicyclic) bond motifs is 1. The standard InChI is InChI=1S/C33H39F3N8O2S2/c1-20-22(17-41-6-4-23(5-7-41)40-31-28-14-25(15-33(34,35)36)47-32(28)39-19-38-31)12-26-21(2)29(18-44-24(16-37)13-27(20)30(26)44)42-8-10-43(11-9-42)48(3,45)46/h12-14,19,21,23,29H,4-11,15,17-18H2,1-3H3,(H,38,39,40). The van der Waals surface area contributed by atoms with E-state index in [0.29, 0.717) is 54.5 Å². The van der Waals surface area contributed by atoms with Crippen LogP contribution in [-0.2, 0) is 29.5 Å². The molecule has 48 heavy (non-hydrogen) atoms. The molecule has 3 aliphatic heterocycles. The van der Waals surface area contributed by atoms with Crippen molar-refractivity contribution in [3.63, 3.8) is 0 Å². The third kappa shape index (κ3) is 6.40. The van der Waals surface area contributed by atoms with Crippen molar-refractivity contribution in [3.8, 4) is 6.07 Å². The highest BCUT2D eigenvalue weighted by molar-refractivity contribution is 7.88. The Labute approximate surface area is 282 Å². The van der Waals surface area contributed by atoms with Gasteiger partial charge in [0.15, 0.2) is 0 Å². The van der Waals surface area contributed by atoms with Crippen molar-refractivity contribution < 1.29 is 21.6 Å². The molecule has 0 amide bonds. The highest BCUT2D eigenvalue weighted by atomic mass is 32.2. The summed E-state index contributed by atoms with van der Waals surface area (Å²) in [6, 6.07) is 8.63. The van der Waals surface area contributed by atoms with Gasteiger partial charge in [-0.2, -0.15) is 22.7 Å². The molecule has 15 heteroatoms. The summed E-state index contributed by atoms with van der Waals surface area (Å²) in [4.78, 5) is 14.2. The smallest absolute Gasteiger partial charge is 0.367 e. The summed E-state index contributed by atoms with van der Waals surface area (Å²) >= 11 is 1.06. The Kier molecular flexibility index (Phi) is 8.68. The zero-order valence-electron chi connectivity index (χ0n) is 27.2. The van der Waals surface area contributed by atoms with Crippen LogP contribution in [0.4, 0.5) is 19.0 Å². The number of alkyl halides is 3. The number of sulfonamides is 1. The number of nitriles is 1. The quantitative estimate of drug-likeness (QED) is 0.285. The summed E-state index contributed by atoms with van der Waals surface area (Å²) in [5.74, 6) is 0.793. The summed E-state index contributed by atoms with van der Waals surface area (Å²) in [5.41, 5.74) is 5.45. The SMILES string of the molecule is Cc1c(CN2CCC(Nc3ncnc4sc(CC(F)(F)F)cc34)CC2)cc2c3c1cc(C#N)n3CC(N1CCN(S(C)(=O)=O)CC1)C2C. The summed E-state index contributed by atoms with van der Waals surface area (Å²) < 4.78 is 66.9. The van der Waals surface area contributed by atoms with Crippen molar-refractivity contribution >= 4 is 48.3 Å². The zero-order valence-corrected chi connectivity index (χ0v) is 28.9. The molecule has 7 rings (SSSR count). The zero-order chi connectivity index (χ0) is 34.0. The fourth-order valence-electron chi connectivity index (χ4n) is 7.80. The van der Waals surface area contributed by atoms with Crippen LogP contribution in [0.3, 0.4) is 0 Å². The van der Waals surface area contributed by atoms with Crippen molar-refractivity contribution in [3.05, 3.63) is 51.8 Å². The van der Waals surface area contributed by atoms with Crippen LogP contribution in [0.5, 0.6) is 0 Å². The van der Waals surface area contributed by atoms with E-state index >= 15 is 0 Å². The number of rotatable bonds is 7. The van der Waals surface area contributed by atoms with Gasteiger partial charge in [-0.05, 0) is 48.6 Å².